The number of hydrogen-bond acceptors (Lipinski definition) is 5. The fourth-order valence-corrected chi connectivity index (χ4v) is 3.82. The third-order valence-electron chi connectivity index (χ3n) is 5.08. The average Bonchev–Trinajstić information content (AvgIpc) is 3.23. The normalized spacial score (nSPS) is 15.3. The summed E-state index contributed by atoms with van der Waals surface area (Å²) in [6.45, 7) is 0. The van der Waals surface area contributed by atoms with E-state index >= 15 is 0 Å². The number of nitrogens with one attached hydrogen (secondary N) is 1. The first-order valence-electron chi connectivity index (χ1n) is 9.54. The van der Waals surface area contributed by atoms with Crippen LogP contribution < -0.4 is 11.1 Å². The summed E-state index contributed by atoms with van der Waals surface area (Å²) in [5, 5.41) is 7.66. The minimum absolute atomic E-state index is 0.0122. The molecule has 0 saturated heterocycles. The average molecular weight is 400 g/mol. The molecule has 0 spiro atoms. The van der Waals surface area contributed by atoms with E-state index in [2.05, 4.69) is 10.5 Å². The van der Waals surface area contributed by atoms with Gasteiger partial charge in [-0.25, -0.2) is 0 Å². The summed E-state index contributed by atoms with van der Waals surface area (Å²) in [5.74, 6) is 0.749. The standard InChI is InChI=1S/C21H22ClN3O3/c22-14-7-5-6-13(12-14)16-10-11-17(27-16)19-18(20(23)28-25-19)21(26)24-15-8-3-1-2-4-9-15/h5-7,10-12,15H,1-4,8-9,23H2,(H,24,26). The van der Waals surface area contributed by atoms with Gasteiger partial charge in [-0.2, -0.15) is 0 Å². The number of rotatable bonds is 4. The first kappa shape index (κ1) is 18.6. The number of hydrogen-bond donors (Lipinski definition) is 2. The van der Waals surface area contributed by atoms with Gasteiger partial charge in [0.2, 0.25) is 5.88 Å². The fourth-order valence-electron chi connectivity index (χ4n) is 3.63. The van der Waals surface area contributed by atoms with Crippen LogP contribution in [-0.2, 0) is 0 Å². The van der Waals surface area contributed by atoms with E-state index in [4.69, 9.17) is 26.3 Å². The van der Waals surface area contributed by atoms with Gasteiger partial charge in [0.05, 0.1) is 0 Å². The zero-order valence-corrected chi connectivity index (χ0v) is 16.2. The van der Waals surface area contributed by atoms with Crippen molar-refractivity contribution >= 4 is 23.4 Å². The topological polar surface area (TPSA) is 94.3 Å². The maximum Gasteiger partial charge on any atom is 0.259 e. The predicted molar refractivity (Wildman–Crippen MR) is 108 cm³/mol. The lowest BCUT2D eigenvalue weighted by Gasteiger charge is -2.15. The van der Waals surface area contributed by atoms with Crippen molar-refractivity contribution in [3.8, 4) is 22.8 Å². The molecule has 146 valence electrons. The third kappa shape index (κ3) is 3.92. The smallest absolute Gasteiger partial charge is 0.259 e. The highest BCUT2D eigenvalue weighted by atomic mass is 35.5. The maximum atomic E-state index is 12.9. The summed E-state index contributed by atoms with van der Waals surface area (Å²) in [5.41, 5.74) is 7.26. The molecule has 7 heteroatoms. The van der Waals surface area contributed by atoms with Gasteiger partial charge in [0, 0.05) is 16.6 Å². The number of halogens is 1. The van der Waals surface area contributed by atoms with Crippen LogP contribution in [0.5, 0.6) is 0 Å². The molecule has 0 atom stereocenters. The lowest BCUT2D eigenvalue weighted by molar-refractivity contribution is 0.0934. The van der Waals surface area contributed by atoms with Crippen LogP contribution >= 0.6 is 11.6 Å². The molecule has 4 rings (SSSR count). The van der Waals surface area contributed by atoms with Gasteiger partial charge in [0.15, 0.2) is 11.5 Å². The molecule has 0 radical (unpaired) electrons. The Labute approximate surface area is 168 Å². The fraction of sp³-hybridized carbons (Fsp3) is 0.333. The van der Waals surface area contributed by atoms with Crippen LogP contribution in [0, 0.1) is 0 Å². The molecule has 3 aromatic rings. The second-order valence-electron chi connectivity index (χ2n) is 7.11. The molecule has 2 heterocycles. The Kier molecular flexibility index (Phi) is 5.39. The Balaban J connectivity index is 1.59. The van der Waals surface area contributed by atoms with Gasteiger partial charge in [0.25, 0.3) is 5.91 Å². The van der Waals surface area contributed by atoms with Gasteiger partial charge < -0.3 is 20.0 Å². The maximum absolute atomic E-state index is 12.9. The number of carbonyl (C=O) groups is 1. The Morgan fingerprint density at radius 1 is 1.11 bits per heavy atom. The minimum Gasteiger partial charge on any atom is -0.454 e. The highest BCUT2D eigenvalue weighted by Crippen LogP contribution is 2.33. The van der Waals surface area contributed by atoms with Crippen molar-refractivity contribution in [2.75, 3.05) is 5.73 Å². The SMILES string of the molecule is Nc1onc(-c2ccc(-c3cccc(Cl)c3)o2)c1C(=O)NC1CCCCCC1. The van der Waals surface area contributed by atoms with Crippen molar-refractivity contribution in [1.82, 2.24) is 10.5 Å². The summed E-state index contributed by atoms with van der Waals surface area (Å²) < 4.78 is 11.0. The van der Waals surface area contributed by atoms with Crippen LogP contribution in [0.2, 0.25) is 5.02 Å². The number of amides is 1. The summed E-state index contributed by atoms with van der Waals surface area (Å²) in [6, 6.07) is 11.0. The minimum atomic E-state index is -0.277. The van der Waals surface area contributed by atoms with E-state index in [9.17, 15) is 4.79 Å². The quantitative estimate of drug-likeness (QED) is 0.581. The second kappa shape index (κ2) is 8.10. The van der Waals surface area contributed by atoms with Crippen LogP contribution in [0.4, 0.5) is 5.88 Å². The van der Waals surface area contributed by atoms with Crippen LogP contribution in [0.3, 0.4) is 0 Å². The van der Waals surface area contributed by atoms with Gasteiger partial charge in [-0.3, -0.25) is 4.79 Å². The number of furan rings is 1. The largest absolute Gasteiger partial charge is 0.454 e. The molecule has 28 heavy (non-hydrogen) atoms. The van der Waals surface area contributed by atoms with E-state index in [1.54, 1.807) is 24.3 Å². The molecule has 1 saturated carbocycles. The Hall–Kier alpha value is -2.73. The molecule has 1 fully saturated rings. The number of nitrogens with zero attached hydrogens (tertiary/aromatic N) is 1. The molecular weight excluding hydrogens is 378 g/mol. The molecule has 1 aliphatic carbocycles. The molecule has 1 aromatic carbocycles. The van der Waals surface area contributed by atoms with Crippen molar-refractivity contribution in [1.29, 1.82) is 0 Å². The number of carbonyl (C=O) groups excluding carboxylic acids is 1. The zero-order valence-electron chi connectivity index (χ0n) is 15.4. The van der Waals surface area contributed by atoms with E-state index in [0.29, 0.717) is 22.2 Å². The monoisotopic (exact) mass is 399 g/mol. The van der Waals surface area contributed by atoms with Crippen molar-refractivity contribution in [2.24, 2.45) is 0 Å². The Morgan fingerprint density at radius 3 is 2.61 bits per heavy atom. The third-order valence-corrected chi connectivity index (χ3v) is 5.32. The Morgan fingerprint density at radius 2 is 1.86 bits per heavy atom. The molecule has 1 aliphatic rings. The van der Waals surface area contributed by atoms with E-state index in [0.717, 1.165) is 31.2 Å². The number of nitrogens with two attached hydrogens (primary N) is 1. The summed E-state index contributed by atoms with van der Waals surface area (Å²) in [4.78, 5) is 12.9. The highest BCUT2D eigenvalue weighted by Gasteiger charge is 2.26. The number of aromatic nitrogens is 1. The summed E-state index contributed by atoms with van der Waals surface area (Å²) >= 11 is 6.05. The van der Waals surface area contributed by atoms with Crippen molar-refractivity contribution < 1.29 is 13.7 Å². The van der Waals surface area contributed by atoms with E-state index < -0.39 is 0 Å². The summed E-state index contributed by atoms with van der Waals surface area (Å²) in [7, 11) is 0. The van der Waals surface area contributed by atoms with Crippen LogP contribution in [0.1, 0.15) is 48.9 Å². The molecule has 1 amide bonds. The highest BCUT2D eigenvalue weighted by molar-refractivity contribution is 6.30. The molecule has 6 nitrogen and oxygen atoms in total. The molecule has 0 unspecified atom stereocenters. The first-order valence-corrected chi connectivity index (χ1v) is 9.92. The van der Waals surface area contributed by atoms with Gasteiger partial charge in [-0.05, 0) is 37.1 Å². The van der Waals surface area contributed by atoms with E-state index in [1.165, 1.54) is 12.8 Å². The van der Waals surface area contributed by atoms with Crippen molar-refractivity contribution in [2.45, 2.75) is 44.6 Å². The lowest BCUT2D eigenvalue weighted by Crippen LogP contribution is -2.34. The van der Waals surface area contributed by atoms with Crippen molar-refractivity contribution in [3.63, 3.8) is 0 Å². The first-order chi connectivity index (χ1) is 13.6. The molecule has 0 bridgehead atoms. The molecule has 0 aliphatic heterocycles. The Bertz CT molecular complexity index is 971. The van der Waals surface area contributed by atoms with Crippen LogP contribution in [-0.4, -0.2) is 17.1 Å². The predicted octanol–water partition coefficient (Wildman–Crippen LogP) is 5.29. The van der Waals surface area contributed by atoms with Crippen LogP contribution in [0.25, 0.3) is 22.8 Å². The molecule has 2 aromatic heterocycles. The van der Waals surface area contributed by atoms with Gasteiger partial charge in [0.1, 0.15) is 11.3 Å². The van der Waals surface area contributed by atoms with Crippen LogP contribution in [0.15, 0.2) is 45.3 Å². The van der Waals surface area contributed by atoms with Gasteiger partial charge in [-0.1, -0.05) is 54.6 Å². The molecular formula is C21H22ClN3O3. The number of nitrogen functional groups attached to an aromatic ring is 1. The van der Waals surface area contributed by atoms with Gasteiger partial charge >= 0.3 is 0 Å². The summed E-state index contributed by atoms with van der Waals surface area (Å²) in [6.07, 6.45) is 6.63. The van der Waals surface area contributed by atoms with Crippen molar-refractivity contribution in [3.05, 3.63) is 47.0 Å². The number of benzene rings is 1. The van der Waals surface area contributed by atoms with E-state index in [1.807, 2.05) is 12.1 Å². The molecule has 3 N–H and O–H groups in total. The van der Waals surface area contributed by atoms with E-state index in [-0.39, 0.29) is 23.4 Å². The second-order valence-corrected chi connectivity index (χ2v) is 7.54. The zero-order chi connectivity index (χ0) is 19.5. The number of anilines is 1. The van der Waals surface area contributed by atoms with Gasteiger partial charge in [-0.15, -0.1) is 0 Å². The lowest BCUT2D eigenvalue weighted by atomic mass is 10.1.